The number of Topliss-reactive ketones (excluding diaryl/α,β-unsaturated/α-hetero) is 1. The zero-order valence-corrected chi connectivity index (χ0v) is 6.91. The molecule has 1 aliphatic rings. The summed E-state index contributed by atoms with van der Waals surface area (Å²) < 4.78 is 0. The van der Waals surface area contributed by atoms with Crippen molar-refractivity contribution in [3.05, 3.63) is 12.4 Å². The molecule has 13 heavy (non-hydrogen) atoms. The molecule has 5 nitrogen and oxygen atoms in total. The first-order valence-electron chi connectivity index (χ1n) is 4.07. The molecular weight excluding hydrogens is 170 g/mol. The highest BCUT2D eigenvalue weighted by molar-refractivity contribution is 6.01. The Balaban J connectivity index is 1.89. The van der Waals surface area contributed by atoms with Crippen LogP contribution in [0.15, 0.2) is 12.4 Å². The van der Waals surface area contributed by atoms with Gasteiger partial charge in [-0.2, -0.15) is 5.10 Å². The minimum absolute atomic E-state index is 0.0963. The van der Waals surface area contributed by atoms with E-state index in [0.29, 0.717) is 18.5 Å². The van der Waals surface area contributed by atoms with Crippen molar-refractivity contribution in [1.29, 1.82) is 0 Å². The summed E-state index contributed by atoms with van der Waals surface area (Å²) in [5.74, 6) is -0.0734. The molecule has 1 aromatic heterocycles. The van der Waals surface area contributed by atoms with Crippen molar-refractivity contribution in [2.45, 2.75) is 12.8 Å². The highest BCUT2D eigenvalue weighted by atomic mass is 16.2. The van der Waals surface area contributed by atoms with Crippen molar-refractivity contribution < 1.29 is 9.59 Å². The highest BCUT2D eigenvalue weighted by Crippen LogP contribution is 2.23. The van der Waals surface area contributed by atoms with Gasteiger partial charge in [0.25, 0.3) is 0 Å². The van der Waals surface area contributed by atoms with Crippen LogP contribution in [-0.2, 0) is 9.59 Å². The second-order valence-corrected chi connectivity index (χ2v) is 3.12. The van der Waals surface area contributed by atoms with E-state index >= 15 is 0 Å². The number of anilines is 1. The molecule has 1 amide bonds. The normalized spacial score (nSPS) is 16.8. The maximum absolute atomic E-state index is 11.3. The SMILES string of the molecule is O=C1CC(C(=O)Nc2cn[nH]c2)C1. The van der Waals surface area contributed by atoms with Crippen LogP contribution in [0.3, 0.4) is 0 Å². The number of nitrogens with zero attached hydrogens (tertiary/aromatic N) is 1. The molecule has 1 aliphatic carbocycles. The van der Waals surface area contributed by atoms with Gasteiger partial charge in [-0.25, -0.2) is 0 Å². The molecule has 2 N–H and O–H groups in total. The standard InChI is InChI=1S/C8H9N3O2/c12-7-1-5(2-7)8(13)11-6-3-9-10-4-6/h3-5H,1-2H2,(H,9,10)(H,11,13). The number of H-pyrrole nitrogens is 1. The topological polar surface area (TPSA) is 74.8 Å². The minimum Gasteiger partial charge on any atom is -0.323 e. The second-order valence-electron chi connectivity index (χ2n) is 3.12. The van der Waals surface area contributed by atoms with E-state index in [1.54, 1.807) is 6.20 Å². The summed E-state index contributed by atoms with van der Waals surface area (Å²) in [5, 5.41) is 8.93. The van der Waals surface area contributed by atoms with Crippen LogP contribution >= 0.6 is 0 Å². The molecule has 1 saturated carbocycles. The number of aromatic nitrogens is 2. The van der Waals surface area contributed by atoms with Gasteiger partial charge in [-0.15, -0.1) is 0 Å². The van der Waals surface area contributed by atoms with Crippen molar-refractivity contribution in [2.75, 3.05) is 5.32 Å². The predicted octanol–water partition coefficient (Wildman–Crippen LogP) is 0.327. The molecule has 1 heterocycles. The molecule has 1 fully saturated rings. The smallest absolute Gasteiger partial charge is 0.228 e. The van der Waals surface area contributed by atoms with Gasteiger partial charge in [0, 0.05) is 19.0 Å². The van der Waals surface area contributed by atoms with Crippen LogP contribution in [0.5, 0.6) is 0 Å². The van der Waals surface area contributed by atoms with Crippen molar-refractivity contribution in [3.63, 3.8) is 0 Å². The van der Waals surface area contributed by atoms with Crippen LogP contribution in [0.25, 0.3) is 0 Å². The number of rotatable bonds is 2. The van der Waals surface area contributed by atoms with E-state index in [0.717, 1.165) is 0 Å². The fourth-order valence-electron chi connectivity index (χ4n) is 1.24. The van der Waals surface area contributed by atoms with E-state index in [-0.39, 0.29) is 17.6 Å². The van der Waals surface area contributed by atoms with Crippen LogP contribution in [0, 0.1) is 5.92 Å². The van der Waals surface area contributed by atoms with Gasteiger partial charge >= 0.3 is 0 Å². The Morgan fingerprint density at radius 1 is 1.62 bits per heavy atom. The monoisotopic (exact) mass is 179 g/mol. The van der Waals surface area contributed by atoms with Gasteiger partial charge in [-0.1, -0.05) is 0 Å². The molecule has 0 spiro atoms. The summed E-state index contributed by atoms with van der Waals surface area (Å²) in [4.78, 5) is 22.0. The third kappa shape index (κ3) is 1.58. The van der Waals surface area contributed by atoms with E-state index in [1.165, 1.54) is 6.20 Å². The molecule has 0 aromatic carbocycles. The highest BCUT2D eigenvalue weighted by Gasteiger charge is 2.32. The van der Waals surface area contributed by atoms with Gasteiger partial charge < -0.3 is 5.32 Å². The van der Waals surface area contributed by atoms with Gasteiger partial charge in [0.2, 0.25) is 5.91 Å². The maximum Gasteiger partial charge on any atom is 0.228 e. The second kappa shape index (κ2) is 3.01. The quantitative estimate of drug-likeness (QED) is 0.686. The van der Waals surface area contributed by atoms with Gasteiger partial charge in [0.1, 0.15) is 5.78 Å². The van der Waals surface area contributed by atoms with E-state index < -0.39 is 0 Å². The van der Waals surface area contributed by atoms with E-state index in [9.17, 15) is 9.59 Å². The molecule has 0 saturated heterocycles. The fraction of sp³-hybridized carbons (Fsp3) is 0.375. The molecule has 2 rings (SSSR count). The zero-order chi connectivity index (χ0) is 9.26. The summed E-state index contributed by atoms with van der Waals surface area (Å²) in [6, 6.07) is 0. The number of amides is 1. The van der Waals surface area contributed by atoms with E-state index in [4.69, 9.17) is 0 Å². The van der Waals surface area contributed by atoms with Gasteiger partial charge in [-0.3, -0.25) is 14.7 Å². The lowest BCUT2D eigenvalue weighted by Gasteiger charge is -2.22. The van der Waals surface area contributed by atoms with Gasteiger partial charge in [0.15, 0.2) is 0 Å². The lowest BCUT2D eigenvalue weighted by Crippen LogP contribution is -2.34. The Morgan fingerprint density at radius 3 is 2.92 bits per heavy atom. The number of hydrogen-bond donors (Lipinski definition) is 2. The molecule has 0 atom stereocenters. The predicted molar refractivity (Wildman–Crippen MR) is 44.9 cm³/mol. The molecule has 0 aliphatic heterocycles. The number of aromatic amines is 1. The first-order valence-corrected chi connectivity index (χ1v) is 4.07. The lowest BCUT2D eigenvalue weighted by atomic mass is 9.83. The molecule has 68 valence electrons. The number of carbonyl (C=O) groups excluding carboxylic acids is 2. The van der Waals surface area contributed by atoms with Crippen molar-refractivity contribution in [2.24, 2.45) is 5.92 Å². The molecule has 0 bridgehead atoms. The zero-order valence-electron chi connectivity index (χ0n) is 6.91. The third-order valence-corrected chi connectivity index (χ3v) is 2.08. The van der Waals surface area contributed by atoms with Gasteiger partial charge in [-0.05, 0) is 0 Å². The van der Waals surface area contributed by atoms with Crippen LogP contribution in [0.4, 0.5) is 5.69 Å². The molecular formula is C8H9N3O2. The summed E-state index contributed by atoms with van der Waals surface area (Å²) in [6.07, 6.45) is 3.88. The average Bonchev–Trinajstić information content (AvgIpc) is 2.51. The summed E-state index contributed by atoms with van der Waals surface area (Å²) in [6.45, 7) is 0. The van der Waals surface area contributed by atoms with Crippen molar-refractivity contribution >= 4 is 17.4 Å². The average molecular weight is 179 g/mol. The molecule has 0 unspecified atom stereocenters. The summed E-state index contributed by atoms with van der Waals surface area (Å²) >= 11 is 0. The van der Waals surface area contributed by atoms with Crippen molar-refractivity contribution in [1.82, 2.24) is 10.2 Å². The number of ketones is 1. The van der Waals surface area contributed by atoms with E-state index in [1.807, 2.05) is 0 Å². The van der Waals surface area contributed by atoms with Crippen LogP contribution in [0.2, 0.25) is 0 Å². The largest absolute Gasteiger partial charge is 0.323 e. The third-order valence-electron chi connectivity index (χ3n) is 2.08. The Kier molecular flexibility index (Phi) is 1.84. The molecule has 5 heteroatoms. The minimum atomic E-state index is -0.137. The Hall–Kier alpha value is -1.65. The first kappa shape index (κ1) is 7.97. The number of carbonyl (C=O) groups is 2. The van der Waals surface area contributed by atoms with Crippen LogP contribution in [0.1, 0.15) is 12.8 Å². The van der Waals surface area contributed by atoms with Gasteiger partial charge in [0.05, 0.1) is 17.8 Å². The molecule has 0 radical (unpaired) electrons. The van der Waals surface area contributed by atoms with Crippen molar-refractivity contribution in [3.8, 4) is 0 Å². The lowest BCUT2D eigenvalue weighted by molar-refractivity contribution is -0.135. The fourth-order valence-corrected chi connectivity index (χ4v) is 1.24. The number of hydrogen-bond acceptors (Lipinski definition) is 3. The maximum atomic E-state index is 11.3. The summed E-state index contributed by atoms with van der Waals surface area (Å²) in [5.41, 5.74) is 0.643. The number of nitrogens with one attached hydrogen (secondary N) is 2. The molecule has 1 aromatic rings. The Bertz CT molecular complexity index is 323. The van der Waals surface area contributed by atoms with E-state index in [2.05, 4.69) is 15.5 Å². The Labute approximate surface area is 74.5 Å². The van der Waals surface area contributed by atoms with Crippen LogP contribution < -0.4 is 5.32 Å². The first-order chi connectivity index (χ1) is 6.25. The Morgan fingerprint density at radius 2 is 2.38 bits per heavy atom. The summed E-state index contributed by atoms with van der Waals surface area (Å²) in [7, 11) is 0. The van der Waals surface area contributed by atoms with Crippen LogP contribution in [-0.4, -0.2) is 21.9 Å².